The summed E-state index contributed by atoms with van der Waals surface area (Å²) in [5.41, 5.74) is 0.213. The molecule has 0 saturated carbocycles. The van der Waals surface area contributed by atoms with Gasteiger partial charge in [0.25, 0.3) is 0 Å². The van der Waals surface area contributed by atoms with Gasteiger partial charge >= 0.3 is 6.16 Å². The summed E-state index contributed by atoms with van der Waals surface area (Å²) in [6, 6.07) is 5.21. The number of amides is 1. The standard InChI is InChI=1S/C8H8FNO3S/c1-14(12,13)7-4-2-6(3-5-7)10-8(9)11/h2-5H,1H3,(H,10,11). The highest BCUT2D eigenvalue weighted by Gasteiger charge is 2.06. The Labute approximate surface area is 80.7 Å². The number of rotatable bonds is 2. The van der Waals surface area contributed by atoms with E-state index >= 15 is 0 Å². The minimum atomic E-state index is -3.25. The third-order valence-corrected chi connectivity index (χ3v) is 2.65. The molecular weight excluding hydrogens is 209 g/mol. The molecule has 0 spiro atoms. The van der Waals surface area contributed by atoms with Crippen LogP contribution < -0.4 is 5.32 Å². The molecule has 0 aliphatic heterocycles. The molecule has 76 valence electrons. The van der Waals surface area contributed by atoms with Crippen molar-refractivity contribution in [1.29, 1.82) is 0 Å². The number of sulfone groups is 1. The van der Waals surface area contributed by atoms with E-state index in [0.717, 1.165) is 6.26 Å². The van der Waals surface area contributed by atoms with E-state index in [1.165, 1.54) is 24.3 Å². The number of hydrogen-bond donors (Lipinski definition) is 1. The summed E-state index contributed by atoms with van der Waals surface area (Å²) >= 11 is 0. The van der Waals surface area contributed by atoms with Crippen LogP contribution in [0.1, 0.15) is 0 Å². The molecule has 1 aromatic carbocycles. The molecule has 4 nitrogen and oxygen atoms in total. The molecule has 1 aromatic rings. The van der Waals surface area contributed by atoms with Crippen molar-refractivity contribution in [2.45, 2.75) is 4.90 Å². The van der Waals surface area contributed by atoms with Crippen LogP contribution in [0.15, 0.2) is 29.2 Å². The van der Waals surface area contributed by atoms with Crippen LogP contribution in [0.2, 0.25) is 0 Å². The molecule has 1 N–H and O–H groups in total. The van der Waals surface area contributed by atoms with Crippen molar-refractivity contribution in [3.8, 4) is 0 Å². The molecule has 0 fully saturated rings. The van der Waals surface area contributed by atoms with Gasteiger partial charge in [0.1, 0.15) is 0 Å². The van der Waals surface area contributed by atoms with Crippen LogP contribution in [0, 0.1) is 0 Å². The lowest BCUT2D eigenvalue weighted by atomic mass is 10.3. The lowest BCUT2D eigenvalue weighted by Gasteiger charge is -2.01. The van der Waals surface area contributed by atoms with Crippen molar-refractivity contribution in [3.63, 3.8) is 0 Å². The minimum Gasteiger partial charge on any atom is -0.298 e. The van der Waals surface area contributed by atoms with Crippen LogP contribution in [-0.4, -0.2) is 20.8 Å². The first-order chi connectivity index (χ1) is 6.39. The predicted octanol–water partition coefficient (Wildman–Crippen LogP) is 1.59. The van der Waals surface area contributed by atoms with Gasteiger partial charge in [0.15, 0.2) is 9.84 Å². The maximum Gasteiger partial charge on any atom is 0.401 e. The molecule has 6 heteroatoms. The predicted molar refractivity (Wildman–Crippen MR) is 49.7 cm³/mol. The van der Waals surface area contributed by atoms with Crippen molar-refractivity contribution in [2.75, 3.05) is 11.6 Å². The van der Waals surface area contributed by atoms with E-state index in [1.54, 1.807) is 0 Å². The Morgan fingerprint density at radius 2 is 1.79 bits per heavy atom. The van der Waals surface area contributed by atoms with Crippen LogP contribution >= 0.6 is 0 Å². The summed E-state index contributed by atoms with van der Waals surface area (Å²) in [5.74, 6) is 0. The maximum atomic E-state index is 11.9. The number of carbonyl (C=O) groups excluding carboxylic acids is 1. The zero-order valence-corrected chi connectivity index (χ0v) is 8.14. The molecule has 0 saturated heterocycles. The molecule has 0 radical (unpaired) electrons. The van der Waals surface area contributed by atoms with Crippen molar-refractivity contribution in [3.05, 3.63) is 24.3 Å². The maximum absolute atomic E-state index is 11.9. The Morgan fingerprint density at radius 1 is 1.29 bits per heavy atom. The molecule has 0 aromatic heterocycles. The molecule has 0 aliphatic rings. The molecular formula is C8H8FNO3S. The van der Waals surface area contributed by atoms with E-state index < -0.39 is 16.0 Å². The van der Waals surface area contributed by atoms with Gasteiger partial charge in [0, 0.05) is 11.9 Å². The van der Waals surface area contributed by atoms with E-state index in [-0.39, 0.29) is 10.6 Å². The first-order valence-corrected chi connectivity index (χ1v) is 5.55. The van der Waals surface area contributed by atoms with E-state index in [2.05, 4.69) is 0 Å². The largest absolute Gasteiger partial charge is 0.401 e. The summed E-state index contributed by atoms with van der Waals surface area (Å²) in [7, 11) is -3.25. The molecule has 0 unspecified atom stereocenters. The third kappa shape index (κ3) is 2.81. The van der Waals surface area contributed by atoms with E-state index in [9.17, 15) is 17.6 Å². The second-order valence-corrected chi connectivity index (χ2v) is 4.71. The molecule has 0 bridgehead atoms. The third-order valence-electron chi connectivity index (χ3n) is 1.53. The van der Waals surface area contributed by atoms with Crippen LogP contribution in [0.3, 0.4) is 0 Å². The van der Waals surface area contributed by atoms with Gasteiger partial charge in [-0.25, -0.2) is 13.2 Å². The SMILES string of the molecule is CS(=O)(=O)c1ccc(NC(=O)F)cc1. The fourth-order valence-corrected chi connectivity index (χ4v) is 1.53. The second-order valence-electron chi connectivity index (χ2n) is 2.70. The van der Waals surface area contributed by atoms with Crippen molar-refractivity contribution < 1.29 is 17.6 Å². The van der Waals surface area contributed by atoms with Gasteiger partial charge in [-0.15, -0.1) is 4.39 Å². The Hall–Kier alpha value is -1.43. The molecule has 1 rings (SSSR count). The monoisotopic (exact) mass is 217 g/mol. The van der Waals surface area contributed by atoms with Crippen molar-refractivity contribution >= 4 is 21.7 Å². The lowest BCUT2D eigenvalue weighted by Crippen LogP contribution is -2.02. The van der Waals surface area contributed by atoms with Gasteiger partial charge in [-0.2, -0.15) is 0 Å². The smallest absolute Gasteiger partial charge is 0.298 e. The first-order valence-electron chi connectivity index (χ1n) is 3.66. The molecule has 1 amide bonds. The lowest BCUT2D eigenvalue weighted by molar-refractivity contribution is 0.235. The molecule has 0 atom stereocenters. The second kappa shape index (κ2) is 3.75. The number of halogens is 1. The highest BCUT2D eigenvalue weighted by Crippen LogP contribution is 2.13. The zero-order chi connectivity index (χ0) is 10.8. The number of carbonyl (C=O) groups is 1. The molecule has 14 heavy (non-hydrogen) atoms. The fourth-order valence-electron chi connectivity index (χ4n) is 0.899. The molecule has 0 aliphatic carbocycles. The van der Waals surface area contributed by atoms with Gasteiger partial charge in [0.05, 0.1) is 4.90 Å². The zero-order valence-electron chi connectivity index (χ0n) is 7.32. The van der Waals surface area contributed by atoms with Crippen LogP contribution in [0.4, 0.5) is 14.9 Å². The summed E-state index contributed by atoms with van der Waals surface area (Å²) in [6.07, 6.45) is -0.618. The van der Waals surface area contributed by atoms with Crippen molar-refractivity contribution in [1.82, 2.24) is 0 Å². The first kappa shape index (κ1) is 10.6. The van der Waals surface area contributed by atoms with E-state index in [4.69, 9.17) is 0 Å². The van der Waals surface area contributed by atoms with Crippen LogP contribution in [0.5, 0.6) is 0 Å². The average molecular weight is 217 g/mol. The van der Waals surface area contributed by atoms with E-state index in [0.29, 0.717) is 0 Å². The Balaban J connectivity index is 2.95. The fraction of sp³-hybridized carbons (Fsp3) is 0.125. The Kier molecular flexibility index (Phi) is 2.85. The number of hydrogen-bond acceptors (Lipinski definition) is 3. The summed E-state index contributed by atoms with van der Waals surface area (Å²) < 4.78 is 33.9. The van der Waals surface area contributed by atoms with Crippen molar-refractivity contribution in [2.24, 2.45) is 0 Å². The van der Waals surface area contributed by atoms with Gasteiger partial charge in [-0.05, 0) is 24.3 Å². The minimum absolute atomic E-state index is 0.120. The summed E-state index contributed by atoms with van der Waals surface area (Å²) in [5, 5.41) is 1.88. The number of benzene rings is 1. The normalized spacial score (nSPS) is 11.0. The quantitative estimate of drug-likeness (QED) is 0.604. The van der Waals surface area contributed by atoms with Crippen LogP contribution in [0.25, 0.3) is 0 Å². The number of nitrogens with one attached hydrogen (secondary N) is 1. The molecule has 0 heterocycles. The Bertz CT molecular complexity index is 438. The summed E-state index contributed by atoms with van der Waals surface area (Å²) in [4.78, 5) is 10.1. The van der Waals surface area contributed by atoms with Gasteiger partial charge in [-0.3, -0.25) is 5.32 Å². The highest BCUT2D eigenvalue weighted by atomic mass is 32.2. The van der Waals surface area contributed by atoms with Gasteiger partial charge in [-0.1, -0.05) is 0 Å². The van der Waals surface area contributed by atoms with Gasteiger partial charge in [0.2, 0.25) is 0 Å². The Morgan fingerprint density at radius 3 is 2.14 bits per heavy atom. The number of anilines is 1. The van der Waals surface area contributed by atoms with E-state index in [1.807, 2.05) is 5.32 Å². The summed E-state index contributed by atoms with van der Waals surface area (Å²) in [6.45, 7) is 0. The average Bonchev–Trinajstić information content (AvgIpc) is 2.02. The highest BCUT2D eigenvalue weighted by molar-refractivity contribution is 7.90. The van der Waals surface area contributed by atoms with Gasteiger partial charge < -0.3 is 0 Å². The van der Waals surface area contributed by atoms with Crippen LogP contribution in [-0.2, 0) is 9.84 Å². The topological polar surface area (TPSA) is 63.2 Å².